The van der Waals surface area contributed by atoms with Crippen molar-refractivity contribution in [1.82, 2.24) is 5.43 Å². The van der Waals surface area contributed by atoms with Crippen molar-refractivity contribution in [3.63, 3.8) is 0 Å². The summed E-state index contributed by atoms with van der Waals surface area (Å²) in [6, 6.07) is 8.37. The number of aryl methyl sites for hydroxylation is 1. The molecule has 0 unspecified atom stereocenters. The molecule has 0 amide bonds. The molecule has 0 heterocycles. The topological polar surface area (TPSA) is 24.4 Å². The Balaban J connectivity index is 2.77. The Morgan fingerprint density at radius 3 is 2.46 bits per heavy atom. The molecular formula is C11H16N2. The zero-order valence-electron chi connectivity index (χ0n) is 8.46. The van der Waals surface area contributed by atoms with E-state index in [4.69, 9.17) is 0 Å². The van der Waals surface area contributed by atoms with Crippen LogP contribution in [0.1, 0.15) is 25.0 Å². The lowest BCUT2D eigenvalue weighted by Crippen LogP contribution is -2.08. The summed E-state index contributed by atoms with van der Waals surface area (Å²) >= 11 is 0. The van der Waals surface area contributed by atoms with Crippen LogP contribution in [0.3, 0.4) is 0 Å². The van der Waals surface area contributed by atoms with E-state index in [0.717, 1.165) is 12.3 Å². The van der Waals surface area contributed by atoms with Crippen LogP contribution in [0, 0.1) is 6.92 Å². The highest BCUT2D eigenvalue weighted by molar-refractivity contribution is 5.98. The predicted molar refractivity (Wildman–Crippen MR) is 57.1 cm³/mol. The highest BCUT2D eigenvalue weighted by Gasteiger charge is 1.95. The zero-order valence-corrected chi connectivity index (χ0v) is 8.46. The molecule has 1 rings (SSSR count). The molecule has 0 saturated carbocycles. The first kappa shape index (κ1) is 9.78. The summed E-state index contributed by atoms with van der Waals surface area (Å²) in [5, 5.41) is 4.21. The minimum absolute atomic E-state index is 0.864. The largest absolute Gasteiger partial charge is 0.310 e. The summed E-state index contributed by atoms with van der Waals surface area (Å²) in [6.45, 7) is 6.99. The van der Waals surface area contributed by atoms with Crippen LogP contribution in [0.4, 0.5) is 0 Å². The fraction of sp³-hybridized carbons (Fsp3) is 0.364. The van der Waals surface area contributed by atoms with Crippen LogP contribution in [0.2, 0.25) is 0 Å². The lowest BCUT2D eigenvalue weighted by atomic mass is 10.1. The Morgan fingerprint density at radius 1 is 1.31 bits per heavy atom. The van der Waals surface area contributed by atoms with Crippen LogP contribution in [-0.2, 0) is 0 Å². The van der Waals surface area contributed by atoms with Crippen molar-refractivity contribution in [3.05, 3.63) is 35.4 Å². The monoisotopic (exact) mass is 176 g/mol. The molecule has 0 aliphatic carbocycles. The molecule has 0 fully saturated rings. The zero-order chi connectivity index (χ0) is 9.68. The highest BCUT2D eigenvalue weighted by atomic mass is 15.3. The molecule has 0 aliphatic heterocycles. The predicted octanol–water partition coefficient (Wildman–Crippen LogP) is 2.33. The molecular weight excluding hydrogens is 160 g/mol. The first-order valence-electron chi connectivity index (χ1n) is 4.58. The summed E-state index contributed by atoms with van der Waals surface area (Å²) in [7, 11) is 0. The number of nitrogens with one attached hydrogen (secondary N) is 1. The molecule has 1 N–H and O–H groups in total. The lowest BCUT2D eigenvalue weighted by Gasteiger charge is -2.01. The van der Waals surface area contributed by atoms with E-state index in [1.807, 2.05) is 13.8 Å². The van der Waals surface area contributed by atoms with Crippen molar-refractivity contribution >= 4 is 5.71 Å². The van der Waals surface area contributed by atoms with Gasteiger partial charge in [0.2, 0.25) is 0 Å². The number of nitrogens with zero attached hydrogens (tertiary/aromatic N) is 1. The van der Waals surface area contributed by atoms with Crippen LogP contribution in [0.15, 0.2) is 29.4 Å². The van der Waals surface area contributed by atoms with Crippen molar-refractivity contribution in [1.29, 1.82) is 0 Å². The average molecular weight is 176 g/mol. The second-order valence-electron chi connectivity index (χ2n) is 3.07. The highest BCUT2D eigenvalue weighted by Crippen LogP contribution is 2.03. The number of hydrazone groups is 1. The van der Waals surface area contributed by atoms with E-state index >= 15 is 0 Å². The summed E-state index contributed by atoms with van der Waals surface area (Å²) in [6.07, 6.45) is 0. The van der Waals surface area contributed by atoms with E-state index < -0.39 is 0 Å². The Bertz CT molecular complexity index is 285. The van der Waals surface area contributed by atoms with E-state index in [2.05, 4.69) is 41.7 Å². The standard InChI is InChI=1S/C11H16N2/c1-4-12-13-10(3)11-7-5-9(2)6-8-11/h5-8,12H,4H2,1-3H3/b13-10+. The summed E-state index contributed by atoms with van der Waals surface area (Å²) in [4.78, 5) is 0. The molecule has 0 saturated heterocycles. The van der Waals surface area contributed by atoms with Gasteiger partial charge in [-0.15, -0.1) is 0 Å². The molecule has 1 aromatic rings. The fourth-order valence-electron chi connectivity index (χ4n) is 1.06. The first-order chi connectivity index (χ1) is 6.24. The number of hydrogen-bond donors (Lipinski definition) is 1. The van der Waals surface area contributed by atoms with Gasteiger partial charge in [0.25, 0.3) is 0 Å². The smallest absolute Gasteiger partial charge is 0.0644 e. The number of benzene rings is 1. The first-order valence-corrected chi connectivity index (χ1v) is 4.58. The van der Waals surface area contributed by atoms with E-state index in [0.29, 0.717) is 0 Å². The van der Waals surface area contributed by atoms with Gasteiger partial charge in [-0.25, -0.2) is 0 Å². The van der Waals surface area contributed by atoms with Crippen molar-refractivity contribution < 1.29 is 0 Å². The maximum atomic E-state index is 4.21. The van der Waals surface area contributed by atoms with Crippen LogP contribution in [0.25, 0.3) is 0 Å². The number of hydrogen-bond acceptors (Lipinski definition) is 2. The van der Waals surface area contributed by atoms with Gasteiger partial charge in [0.15, 0.2) is 0 Å². The summed E-state index contributed by atoms with van der Waals surface area (Å²) < 4.78 is 0. The number of rotatable bonds is 3. The van der Waals surface area contributed by atoms with Crippen molar-refractivity contribution in [3.8, 4) is 0 Å². The maximum absolute atomic E-state index is 4.21. The van der Waals surface area contributed by atoms with Crippen molar-refractivity contribution in [2.24, 2.45) is 5.10 Å². The van der Waals surface area contributed by atoms with Gasteiger partial charge in [-0.05, 0) is 26.3 Å². The third-order valence-electron chi connectivity index (χ3n) is 1.87. The van der Waals surface area contributed by atoms with Gasteiger partial charge in [0.05, 0.1) is 5.71 Å². The second-order valence-corrected chi connectivity index (χ2v) is 3.07. The third kappa shape index (κ3) is 2.90. The van der Waals surface area contributed by atoms with Crippen molar-refractivity contribution in [2.75, 3.05) is 6.54 Å². The van der Waals surface area contributed by atoms with Crippen LogP contribution >= 0.6 is 0 Å². The fourth-order valence-corrected chi connectivity index (χ4v) is 1.06. The van der Waals surface area contributed by atoms with Gasteiger partial charge >= 0.3 is 0 Å². The van der Waals surface area contributed by atoms with Gasteiger partial charge in [-0.1, -0.05) is 29.8 Å². The maximum Gasteiger partial charge on any atom is 0.0644 e. The Labute approximate surface area is 79.7 Å². The third-order valence-corrected chi connectivity index (χ3v) is 1.87. The van der Waals surface area contributed by atoms with E-state index in [1.165, 1.54) is 11.1 Å². The molecule has 70 valence electrons. The van der Waals surface area contributed by atoms with Gasteiger partial charge in [-0.3, -0.25) is 0 Å². The van der Waals surface area contributed by atoms with E-state index in [-0.39, 0.29) is 0 Å². The quantitative estimate of drug-likeness (QED) is 0.554. The Morgan fingerprint density at radius 2 is 1.92 bits per heavy atom. The van der Waals surface area contributed by atoms with Gasteiger partial charge in [0.1, 0.15) is 0 Å². The molecule has 0 radical (unpaired) electrons. The SMILES string of the molecule is CCN/N=C(\C)c1ccc(C)cc1. The molecule has 0 aliphatic rings. The average Bonchev–Trinajstić information content (AvgIpc) is 2.15. The molecule has 2 heteroatoms. The molecule has 2 nitrogen and oxygen atoms in total. The molecule has 0 aromatic heterocycles. The summed E-state index contributed by atoms with van der Waals surface area (Å²) in [5.41, 5.74) is 6.43. The van der Waals surface area contributed by atoms with Crippen LogP contribution in [-0.4, -0.2) is 12.3 Å². The molecule has 13 heavy (non-hydrogen) atoms. The Hall–Kier alpha value is -1.31. The second kappa shape index (κ2) is 4.65. The van der Waals surface area contributed by atoms with Crippen molar-refractivity contribution in [2.45, 2.75) is 20.8 Å². The van der Waals surface area contributed by atoms with E-state index in [1.54, 1.807) is 0 Å². The van der Waals surface area contributed by atoms with E-state index in [9.17, 15) is 0 Å². The van der Waals surface area contributed by atoms with Gasteiger partial charge in [0, 0.05) is 6.54 Å². The molecule has 0 spiro atoms. The molecule has 0 bridgehead atoms. The lowest BCUT2D eigenvalue weighted by molar-refractivity contribution is 0.783. The minimum Gasteiger partial charge on any atom is -0.310 e. The van der Waals surface area contributed by atoms with Crippen LogP contribution in [0.5, 0.6) is 0 Å². The van der Waals surface area contributed by atoms with Crippen LogP contribution < -0.4 is 5.43 Å². The Kier molecular flexibility index (Phi) is 3.50. The molecule has 0 atom stereocenters. The molecule has 1 aromatic carbocycles. The normalized spacial score (nSPS) is 11.5. The van der Waals surface area contributed by atoms with Gasteiger partial charge < -0.3 is 5.43 Å². The van der Waals surface area contributed by atoms with Gasteiger partial charge in [-0.2, -0.15) is 5.10 Å². The minimum atomic E-state index is 0.864. The summed E-state index contributed by atoms with van der Waals surface area (Å²) in [5.74, 6) is 0.